The van der Waals surface area contributed by atoms with Gasteiger partial charge in [0.15, 0.2) is 0 Å². The van der Waals surface area contributed by atoms with Crippen molar-refractivity contribution >= 4 is 11.3 Å². The Labute approximate surface area is 66.9 Å². The van der Waals surface area contributed by atoms with Gasteiger partial charge in [0, 0.05) is 0 Å². The molecule has 0 aliphatic heterocycles. The van der Waals surface area contributed by atoms with E-state index in [-0.39, 0.29) is 0 Å². The van der Waals surface area contributed by atoms with Crippen LogP contribution in [-0.2, 0) is 6.42 Å². The van der Waals surface area contributed by atoms with Gasteiger partial charge in [0.1, 0.15) is 0 Å². The first-order valence-corrected chi connectivity index (χ1v) is 4.59. The molecule has 0 aliphatic carbocycles. The van der Waals surface area contributed by atoms with Crippen molar-refractivity contribution in [3.8, 4) is 0 Å². The standard InChI is InChI=1S/C6H9NS.C2H6/c7-3-1-6-2-4-8-5-6;1-2/h2,4-5H,1,3,7H2;1-2H3. The van der Waals surface area contributed by atoms with Gasteiger partial charge >= 0.3 is 0 Å². The lowest BCUT2D eigenvalue weighted by atomic mass is 10.2. The molecule has 0 amide bonds. The zero-order valence-electron chi connectivity index (χ0n) is 6.63. The topological polar surface area (TPSA) is 26.0 Å². The maximum Gasteiger partial charge on any atom is -0.00364 e. The number of rotatable bonds is 2. The summed E-state index contributed by atoms with van der Waals surface area (Å²) in [5.74, 6) is 0. The van der Waals surface area contributed by atoms with Crippen LogP contribution in [-0.4, -0.2) is 6.54 Å². The summed E-state index contributed by atoms with van der Waals surface area (Å²) in [4.78, 5) is 0. The van der Waals surface area contributed by atoms with Crippen LogP contribution in [0.5, 0.6) is 0 Å². The van der Waals surface area contributed by atoms with E-state index in [0.717, 1.165) is 13.0 Å². The normalized spacial score (nSPS) is 8.30. The Morgan fingerprint density at radius 1 is 1.50 bits per heavy atom. The highest BCUT2D eigenvalue weighted by Gasteiger charge is 1.86. The molecule has 0 spiro atoms. The van der Waals surface area contributed by atoms with E-state index in [0.29, 0.717) is 0 Å². The van der Waals surface area contributed by atoms with Gasteiger partial charge in [-0.2, -0.15) is 11.3 Å². The molecule has 1 aromatic heterocycles. The molecule has 2 heteroatoms. The highest BCUT2D eigenvalue weighted by Crippen LogP contribution is 2.04. The molecule has 1 aromatic rings. The van der Waals surface area contributed by atoms with Gasteiger partial charge in [0.05, 0.1) is 0 Å². The quantitative estimate of drug-likeness (QED) is 0.700. The van der Waals surface area contributed by atoms with Crippen molar-refractivity contribution < 1.29 is 0 Å². The minimum Gasteiger partial charge on any atom is -0.330 e. The van der Waals surface area contributed by atoms with Crippen LogP contribution < -0.4 is 5.73 Å². The van der Waals surface area contributed by atoms with E-state index in [1.165, 1.54) is 5.56 Å². The first-order valence-electron chi connectivity index (χ1n) is 3.64. The highest BCUT2D eigenvalue weighted by atomic mass is 32.1. The lowest BCUT2D eigenvalue weighted by Crippen LogP contribution is -2.00. The van der Waals surface area contributed by atoms with Crippen molar-refractivity contribution in [3.63, 3.8) is 0 Å². The molecule has 0 aromatic carbocycles. The minimum absolute atomic E-state index is 0.761. The zero-order valence-corrected chi connectivity index (χ0v) is 7.45. The van der Waals surface area contributed by atoms with Crippen LogP contribution in [0.3, 0.4) is 0 Å². The first kappa shape index (κ1) is 9.66. The molecule has 1 rings (SSSR count). The summed E-state index contributed by atoms with van der Waals surface area (Å²) >= 11 is 1.72. The van der Waals surface area contributed by atoms with E-state index in [9.17, 15) is 0 Å². The van der Waals surface area contributed by atoms with Crippen LogP contribution in [0.15, 0.2) is 16.8 Å². The molecule has 0 saturated heterocycles. The molecule has 0 fully saturated rings. The number of thiophene rings is 1. The number of nitrogens with two attached hydrogens (primary N) is 1. The molecule has 0 radical (unpaired) electrons. The lowest BCUT2D eigenvalue weighted by molar-refractivity contribution is 0.974. The maximum atomic E-state index is 5.32. The lowest BCUT2D eigenvalue weighted by Gasteiger charge is -1.86. The van der Waals surface area contributed by atoms with E-state index in [1.54, 1.807) is 11.3 Å². The Morgan fingerprint density at radius 2 is 2.20 bits per heavy atom. The fraction of sp³-hybridized carbons (Fsp3) is 0.500. The van der Waals surface area contributed by atoms with Gasteiger partial charge in [-0.25, -0.2) is 0 Å². The molecule has 2 N–H and O–H groups in total. The summed E-state index contributed by atoms with van der Waals surface area (Å²) in [6.45, 7) is 4.76. The zero-order chi connectivity index (χ0) is 7.82. The van der Waals surface area contributed by atoms with Crippen molar-refractivity contribution in [2.45, 2.75) is 20.3 Å². The van der Waals surface area contributed by atoms with E-state index in [4.69, 9.17) is 5.73 Å². The second-order valence-electron chi connectivity index (χ2n) is 1.67. The third kappa shape index (κ3) is 3.64. The van der Waals surface area contributed by atoms with E-state index >= 15 is 0 Å². The van der Waals surface area contributed by atoms with Gasteiger partial charge in [0.25, 0.3) is 0 Å². The van der Waals surface area contributed by atoms with Crippen LogP contribution in [0.25, 0.3) is 0 Å². The van der Waals surface area contributed by atoms with Crippen molar-refractivity contribution in [2.24, 2.45) is 5.73 Å². The van der Waals surface area contributed by atoms with Crippen LogP contribution in [0.2, 0.25) is 0 Å². The number of hydrogen-bond donors (Lipinski definition) is 1. The monoisotopic (exact) mass is 157 g/mol. The fourth-order valence-corrected chi connectivity index (χ4v) is 1.30. The maximum absolute atomic E-state index is 5.32. The fourth-order valence-electron chi connectivity index (χ4n) is 0.602. The molecule has 1 heterocycles. The summed E-state index contributed by atoms with van der Waals surface area (Å²) in [5, 5.41) is 4.21. The molecular weight excluding hydrogens is 142 g/mol. The first-order chi connectivity index (χ1) is 4.93. The predicted octanol–water partition coefficient (Wildman–Crippen LogP) is 2.28. The van der Waals surface area contributed by atoms with E-state index < -0.39 is 0 Å². The number of hydrogen-bond acceptors (Lipinski definition) is 2. The van der Waals surface area contributed by atoms with Crippen molar-refractivity contribution in [3.05, 3.63) is 22.4 Å². The Hall–Kier alpha value is -0.340. The Kier molecular flexibility index (Phi) is 6.55. The summed E-state index contributed by atoms with van der Waals surface area (Å²) < 4.78 is 0. The van der Waals surface area contributed by atoms with Crippen molar-refractivity contribution in [1.82, 2.24) is 0 Å². The van der Waals surface area contributed by atoms with Crippen LogP contribution >= 0.6 is 11.3 Å². The van der Waals surface area contributed by atoms with Crippen LogP contribution in [0.1, 0.15) is 19.4 Å². The van der Waals surface area contributed by atoms with Gasteiger partial charge < -0.3 is 5.73 Å². The molecule has 10 heavy (non-hydrogen) atoms. The predicted molar refractivity (Wildman–Crippen MR) is 48.4 cm³/mol. The molecule has 0 saturated carbocycles. The highest BCUT2D eigenvalue weighted by molar-refractivity contribution is 7.07. The Bertz CT molecular complexity index is 135. The van der Waals surface area contributed by atoms with Gasteiger partial charge in [-0.3, -0.25) is 0 Å². The SMILES string of the molecule is CC.NCCc1ccsc1. The molecule has 0 bridgehead atoms. The van der Waals surface area contributed by atoms with Crippen LogP contribution in [0.4, 0.5) is 0 Å². The van der Waals surface area contributed by atoms with Crippen molar-refractivity contribution in [2.75, 3.05) is 6.54 Å². The average molecular weight is 157 g/mol. The summed E-state index contributed by atoms with van der Waals surface area (Å²) in [5.41, 5.74) is 6.68. The molecule has 58 valence electrons. The second kappa shape index (κ2) is 6.78. The Morgan fingerprint density at radius 3 is 2.60 bits per heavy atom. The van der Waals surface area contributed by atoms with Crippen LogP contribution in [0, 0.1) is 0 Å². The summed E-state index contributed by atoms with van der Waals surface area (Å²) in [6.07, 6.45) is 1.02. The van der Waals surface area contributed by atoms with E-state index in [2.05, 4.69) is 16.8 Å². The average Bonchev–Trinajstić information content (AvgIpc) is 2.46. The van der Waals surface area contributed by atoms with Gasteiger partial charge in [0.2, 0.25) is 0 Å². The Balaban J connectivity index is 0.000000371. The summed E-state index contributed by atoms with van der Waals surface area (Å²) in [7, 11) is 0. The molecular formula is C8H15NS. The minimum atomic E-state index is 0.761. The third-order valence-electron chi connectivity index (χ3n) is 1.01. The summed E-state index contributed by atoms with van der Waals surface area (Å²) in [6, 6.07) is 2.11. The molecule has 0 aliphatic rings. The molecule has 0 unspecified atom stereocenters. The van der Waals surface area contributed by atoms with Gasteiger partial charge in [-0.1, -0.05) is 13.8 Å². The van der Waals surface area contributed by atoms with Crippen molar-refractivity contribution in [1.29, 1.82) is 0 Å². The van der Waals surface area contributed by atoms with Gasteiger partial charge in [-0.15, -0.1) is 0 Å². The molecule has 0 atom stereocenters. The largest absolute Gasteiger partial charge is 0.330 e. The smallest absolute Gasteiger partial charge is 0.00364 e. The van der Waals surface area contributed by atoms with Gasteiger partial charge in [-0.05, 0) is 35.4 Å². The third-order valence-corrected chi connectivity index (χ3v) is 1.75. The second-order valence-corrected chi connectivity index (χ2v) is 2.45. The van der Waals surface area contributed by atoms with E-state index in [1.807, 2.05) is 13.8 Å². The molecule has 1 nitrogen and oxygen atoms in total.